The summed E-state index contributed by atoms with van der Waals surface area (Å²) in [7, 11) is 0. The Bertz CT molecular complexity index is 1240. The molecule has 0 saturated heterocycles. The van der Waals surface area contributed by atoms with Gasteiger partial charge < -0.3 is 14.8 Å². The molecule has 1 aliphatic heterocycles. The number of nitrogens with zero attached hydrogens (tertiary/aromatic N) is 1. The zero-order valence-electron chi connectivity index (χ0n) is 20.2. The second kappa shape index (κ2) is 10.4. The molecule has 1 unspecified atom stereocenters. The van der Waals surface area contributed by atoms with Crippen molar-refractivity contribution in [3.8, 4) is 11.5 Å². The number of hydrogen-bond acceptors (Lipinski definition) is 4. The van der Waals surface area contributed by atoms with E-state index < -0.39 is 11.9 Å². The van der Waals surface area contributed by atoms with Gasteiger partial charge >= 0.3 is 0 Å². The highest BCUT2D eigenvalue weighted by molar-refractivity contribution is 6.10. The summed E-state index contributed by atoms with van der Waals surface area (Å²) in [6.07, 6.45) is 3.93. The number of halogens is 1. The molecular weight excluding hydrogens is 459 g/mol. The highest BCUT2D eigenvalue weighted by atomic mass is 19.1. The second-order valence-electron chi connectivity index (χ2n) is 9.31. The lowest BCUT2D eigenvalue weighted by molar-refractivity contribution is -0.123. The molecule has 3 aromatic carbocycles. The zero-order chi connectivity index (χ0) is 25.1. The number of aryl methyl sites for hydroxylation is 1. The van der Waals surface area contributed by atoms with Gasteiger partial charge in [0.15, 0.2) is 11.5 Å². The topological polar surface area (TPSA) is 67.9 Å². The number of amides is 2. The van der Waals surface area contributed by atoms with Crippen molar-refractivity contribution >= 4 is 17.5 Å². The van der Waals surface area contributed by atoms with Crippen LogP contribution in [-0.4, -0.2) is 31.1 Å². The van der Waals surface area contributed by atoms with Gasteiger partial charge in [0.1, 0.15) is 25.1 Å². The van der Waals surface area contributed by atoms with Crippen molar-refractivity contribution in [3.05, 3.63) is 89.2 Å². The van der Waals surface area contributed by atoms with Crippen molar-refractivity contribution in [1.82, 2.24) is 5.32 Å². The van der Waals surface area contributed by atoms with Crippen molar-refractivity contribution in [2.75, 3.05) is 18.1 Å². The number of rotatable bonds is 6. The van der Waals surface area contributed by atoms with Crippen LogP contribution in [0.4, 0.5) is 10.1 Å². The fourth-order valence-corrected chi connectivity index (χ4v) is 4.82. The third kappa shape index (κ3) is 5.05. The molecular formula is C29H29FN2O4. The van der Waals surface area contributed by atoms with Gasteiger partial charge in [0.2, 0.25) is 5.91 Å². The van der Waals surface area contributed by atoms with Crippen molar-refractivity contribution in [3.63, 3.8) is 0 Å². The van der Waals surface area contributed by atoms with Gasteiger partial charge in [-0.2, -0.15) is 0 Å². The predicted molar refractivity (Wildman–Crippen MR) is 135 cm³/mol. The fraction of sp³-hybridized carbons (Fsp3) is 0.310. The molecule has 1 heterocycles. The molecule has 6 nitrogen and oxygen atoms in total. The van der Waals surface area contributed by atoms with E-state index in [0.29, 0.717) is 41.5 Å². The Balaban J connectivity index is 1.59. The van der Waals surface area contributed by atoms with Gasteiger partial charge in [-0.15, -0.1) is 0 Å². The largest absolute Gasteiger partial charge is 0.486 e. The maximum atomic E-state index is 14.1. The van der Waals surface area contributed by atoms with Crippen LogP contribution in [0.25, 0.3) is 0 Å². The van der Waals surface area contributed by atoms with E-state index >= 15 is 0 Å². The molecule has 3 aromatic rings. The van der Waals surface area contributed by atoms with E-state index in [-0.39, 0.29) is 17.9 Å². The van der Waals surface area contributed by atoms with Crippen LogP contribution in [0, 0.1) is 12.7 Å². The van der Waals surface area contributed by atoms with E-state index in [0.717, 1.165) is 31.2 Å². The van der Waals surface area contributed by atoms with E-state index in [1.807, 2.05) is 31.2 Å². The number of ether oxygens (including phenoxy) is 2. The van der Waals surface area contributed by atoms with Crippen LogP contribution in [-0.2, 0) is 4.79 Å². The van der Waals surface area contributed by atoms with Gasteiger partial charge in [-0.3, -0.25) is 14.5 Å². The summed E-state index contributed by atoms with van der Waals surface area (Å²) in [5, 5.41) is 3.14. The summed E-state index contributed by atoms with van der Waals surface area (Å²) < 4.78 is 25.1. The van der Waals surface area contributed by atoms with E-state index in [9.17, 15) is 14.0 Å². The first kappa shape index (κ1) is 23.9. The number of benzene rings is 3. The predicted octanol–water partition coefficient (Wildman–Crippen LogP) is 5.35. The zero-order valence-corrected chi connectivity index (χ0v) is 20.2. The standard InChI is InChI=1S/C29H29FN2O4/c1-19-6-13-24(14-7-19)32(29(34)21-10-15-25-26(18-21)36-17-16-35-25)27(20-8-11-22(30)12-9-20)28(33)31-23-4-2-3-5-23/h6-15,18,23,27H,2-5,16-17H2,1H3,(H,31,33). The average molecular weight is 489 g/mol. The maximum absolute atomic E-state index is 14.1. The first-order valence-electron chi connectivity index (χ1n) is 12.4. The molecule has 1 atom stereocenters. The number of hydrogen-bond donors (Lipinski definition) is 1. The molecule has 2 amide bonds. The molecule has 1 saturated carbocycles. The number of carbonyl (C=O) groups excluding carboxylic acids is 2. The van der Waals surface area contributed by atoms with Crippen molar-refractivity contribution in [2.24, 2.45) is 0 Å². The summed E-state index contributed by atoms with van der Waals surface area (Å²) in [6, 6.07) is 17.3. The maximum Gasteiger partial charge on any atom is 0.259 e. The molecule has 0 bridgehead atoms. The summed E-state index contributed by atoms with van der Waals surface area (Å²) >= 11 is 0. The molecule has 1 fully saturated rings. The van der Waals surface area contributed by atoms with Crippen molar-refractivity contribution in [1.29, 1.82) is 0 Å². The number of carbonyl (C=O) groups is 2. The minimum Gasteiger partial charge on any atom is -0.486 e. The van der Waals surface area contributed by atoms with Gasteiger partial charge in [0.05, 0.1) is 0 Å². The first-order chi connectivity index (χ1) is 17.5. The molecule has 1 N–H and O–H groups in total. The molecule has 0 radical (unpaired) electrons. The summed E-state index contributed by atoms with van der Waals surface area (Å²) in [5.41, 5.74) is 2.48. The van der Waals surface area contributed by atoms with E-state index in [4.69, 9.17) is 9.47 Å². The lowest BCUT2D eigenvalue weighted by atomic mass is 10.0. The van der Waals surface area contributed by atoms with Crippen LogP contribution in [0.2, 0.25) is 0 Å². The Morgan fingerprint density at radius 2 is 1.58 bits per heavy atom. The van der Waals surface area contributed by atoms with Gasteiger partial charge in [-0.1, -0.05) is 42.7 Å². The smallest absolute Gasteiger partial charge is 0.259 e. The first-order valence-corrected chi connectivity index (χ1v) is 12.4. The lowest BCUT2D eigenvalue weighted by Crippen LogP contribution is -2.46. The van der Waals surface area contributed by atoms with Crippen LogP contribution in [0.3, 0.4) is 0 Å². The Morgan fingerprint density at radius 3 is 2.28 bits per heavy atom. The molecule has 0 spiro atoms. The normalized spacial score (nSPS) is 15.8. The number of anilines is 1. The van der Waals surface area contributed by atoms with Crippen molar-refractivity contribution < 1.29 is 23.5 Å². The summed E-state index contributed by atoms with van der Waals surface area (Å²) in [6.45, 7) is 2.80. The molecule has 2 aliphatic rings. The fourth-order valence-electron chi connectivity index (χ4n) is 4.82. The third-order valence-corrected chi connectivity index (χ3v) is 6.71. The quantitative estimate of drug-likeness (QED) is 0.508. The number of fused-ring (bicyclic) bond motifs is 1. The van der Waals surface area contributed by atoms with Gasteiger partial charge in [-0.25, -0.2) is 4.39 Å². The average Bonchev–Trinajstić information content (AvgIpc) is 3.41. The molecule has 1 aliphatic carbocycles. The van der Waals surface area contributed by atoms with Crippen LogP contribution < -0.4 is 19.7 Å². The van der Waals surface area contributed by atoms with Gasteiger partial charge in [0.25, 0.3) is 5.91 Å². The summed E-state index contributed by atoms with van der Waals surface area (Å²) in [5.74, 6) is -0.00103. The number of nitrogens with one attached hydrogen (secondary N) is 1. The minimum absolute atomic E-state index is 0.0599. The Hall–Kier alpha value is -3.87. The van der Waals surface area contributed by atoms with Gasteiger partial charge in [-0.05, 0) is 67.8 Å². The highest BCUT2D eigenvalue weighted by Gasteiger charge is 2.35. The molecule has 0 aromatic heterocycles. The molecule has 5 rings (SSSR count). The third-order valence-electron chi connectivity index (χ3n) is 6.71. The SMILES string of the molecule is Cc1ccc(N(C(=O)c2ccc3c(c2)OCCO3)C(C(=O)NC2CCCC2)c2ccc(F)cc2)cc1. The molecule has 36 heavy (non-hydrogen) atoms. The van der Waals surface area contributed by atoms with E-state index in [1.54, 1.807) is 30.3 Å². The minimum atomic E-state index is -0.991. The Labute approximate surface area is 210 Å². The van der Waals surface area contributed by atoms with Gasteiger partial charge in [0, 0.05) is 17.3 Å². The van der Waals surface area contributed by atoms with Crippen molar-refractivity contribution in [2.45, 2.75) is 44.7 Å². The second-order valence-corrected chi connectivity index (χ2v) is 9.31. The van der Waals surface area contributed by atoms with Crippen LogP contribution in [0.5, 0.6) is 11.5 Å². The van der Waals surface area contributed by atoms with E-state index in [1.165, 1.54) is 17.0 Å². The van der Waals surface area contributed by atoms with E-state index in [2.05, 4.69) is 5.32 Å². The van der Waals surface area contributed by atoms with Crippen LogP contribution in [0.1, 0.15) is 53.2 Å². The Morgan fingerprint density at radius 1 is 0.917 bits per heavy atom. The Kier molecular flexibility index (Phi) is 6.89. The summed E-state index contributed by atoms with van der Waals surface area (Å²) in [4.78, 5) is 29.4. The lowest BCUT2D eigenvalue weighted by Gasteiger charge is -2.33. The highest BCUT2D eigenvalue weighted by Crippen LogP contribution is 2.35. The monoisotopic (exact) mass is 488 g/mol. The molecule has 186 valence electrons. The van der Waals surface area contributed by atoms with Crippen LogP contribution >= 0.6 is 0 Å². The van der Waals surface area contributed by atoms with Crippen LogP contribution in [0.15, 0.2) is 66.7 Å². The molecule has 7 heteroatoms.